The Morgan fingerprint density at radius 1 is 1.08 bits per heavy atom. The van der Waals surface area contributed by atoms with Crippen LogP contribution in [-0.2, 0) is 13.0 Å². The van der Waals surface area contributed by atoms with Gasteiger partial charge in [0, 0.05) is 45.5 Å². The fraction of sp³-hybridized carbons (Fsp3) is 0.600. The Labute approximate surface area is 156 Å². The summed E-state index contributed by atoms with van der Waals surface area (Å²) in [6, 6.07) is 6.25. The van der Waals surface area contributed by atoms with Crippen molar-refractivity contribution in [2.75, 3.05) is 39.3 Å². The second kappa shape index (κ2) is 9.69. The summed E-state index contributed by atoms with van der Waals surface area (Å²) in [5.74, 6) is 1.02. The molecule has 2 heterocycles. The first kappa shape index (κ1) is 18.9. The number of aryl methyl sites for hydroxylation is 4. The lowest BCUT2D eigenvalue weighted by atomic mass is 10.1. The first-order chi connectivity index (χ1) is 12.7. The van der Waals surface area contributed by atoms with Crippen LogP contribution >= 0.6 is 0 Å². The van der Waals surface area contributed by atoms with Crippen LogP contribution in [0.2, 0.25) is 0 Å². The number of aromatic nitrogens is 3. The molecule has 1 aliphatic heterocycles. The number of rotatable bonds is 9. The molecule has 6 nitrogen and oxygen atoms in total. The van der Waals surface area contributed by atoms with Crippen LogP contribution in [0.25, 0.3) is 0 Å². The highest BCUT2D eigenvalue weighted by molar-refractivity contribution is 5.39. The van der Waals surface area contributed by atoms with Crippen LogP contribution in [0.15, 0.2) is 24.4 Å². The minimum atomic E-state index is 0.710. The van der Waals surface area contributed by atoms with Crippen LogP contribution < -0.4 is 10.1 Å². The summed E-state index contributed by atoms with van der Waals surface area (Å²) in [6.45, 7) is 11.5. The Kier molecular flexibility index (Phi) is 7.03. The highest BCUT2D eigenvalue weighted by atomic mass is 16.5. The quantitative estimate of drug-likeness (QED) is 0.697. The van der Waals surface area contributed by atoms with E-state index < -0.39 is 0 Å². The van der Waals surface area contributed by atoms with Crippen molar-refractivity contribution in [3.63, 3.8) is 0 Å². The molecule has 1 aromatic carbocycles. The Bertz CT molecular complexity index is 658. The predicted molar refractivity (Wildman–Crippen MR) is 104 cm³/mol. The monoisotopic (exact) mass is 357 g/mol. The number of nitrogens with zero attached hydrogens (tertiary/aromatic N) is 4. The molecule has 1 N–H and O–H groups in total. The van der Waals surface area contributed by atoms with Gasteiger partial charge in [0.05, 0.1) is 12.3 Å². The van der Waals surface area contributed by atoms with Gasteiger partial charge in [0.2, 0.25) is 0 Å². The van der Waals surface area contributed by atoms with Gasteiger partial charge in [0.15, 0.2) is 0 Å². The molecular formula is C20H31N5O. The van der Waals surface area contributed by atoms with Crippen LogP contribution in [0.4, 0.5) is 0 Å². The van der Waals surface area contributed by atoms with Crippen LogP contribution in [0.5, 0.6) is 5.75 Å². The molecule has 0 saturated carbocycles. The number of ether oxygens (including phenoxy) is 1. The SMILES string of the molecule is Cc1cccc(C)c1OCCCc1cn(CCCN2CCNCC2)nn1. The van der Waals surface area contributed by atoms with E-state index in [4.69, 9.17) is 4.74 Å². The molecule has 0 bridgehead atoms. The largest absolute Gasteiger partial charge is 0.493 e. The summed E-state index contributed by atoms with van der Waals surface area (Å²) < 4.78 is 7.94. The highest BCUT2D eigenvalue weighted by Gasteiger charge is 2.09. The minimum Gasteiger partial charge on any atom is -0.493 e. The molecule has 0 atom stereocenters. The third kappa shape index (κ3) is 5.54. The van der Waals surface area contributed by atoms with Gasteiger partial charge in [-0.1, -0.05) is 23.4 Å². The Morgan fingerprint density at radius 2 is 1.85 bits per heavy atom. The standard InChI is InChI=1S/C20H31N5O/c1-17-6-3-7-18(2)20(17)26-15-4-8-19-16-25(23-22-19)12-5-11-24-13-9-21-10-14-24/h3,6-7,16,21H,4-5,8-15H2,1-2H3. The summed E-state index contributed by atoms with van der Waals surface area (Å²) in [5, 5.41) is 11.9. The molecule has 1 aromatic heterocycles. The number of nitrogens with one attached hydrogen (secondary N) is 1. The van der Waals surface area contributed by atoms with E-state index in [1.165, 1.54) is 11.1 Å². The first-order valence-electron chi connectivity index (χ1n) is 9.73. The fourth-order valence-corrected chi connectivity index (χ4v) is 3.41. The van der Waals surface area contributed by atoms with E-state index >= 15 is 0 Å². The number of para-hydroxylation sites is 1. The van der Waals surface area contributed by atoms with Gasteiger partial charge in [-0.15, -0.1) is 5.10 Å². The van der Waals surface area contributed by atoms with Crippen molar-refractivity contribution in [1.82, 2.24) is 25.2 Å². The number of hydrogen-bond donors (Lipinski definition) is 1. The fourth-order valence-electron chi connectivity index (χ4n) is 3.41. The third-order valence-electron chi connectivity index (χ3n) is 4.89. The second-order valence-corrected chi connectivity index (χ2v) is 7.09. The molecule has 1 saturated heterocycles. The lowest BCUT2D eigenvalue weighted by Gasteiger charge is -2.26. The molecule has 0 aliphatic carbocycles. The molecule has 1 fully saturated rings. The zero-order chi connectivity index (χ0) is 18.2. The Balaban J connectivity index is 1.34. The third-order valence-corrected chi connectivity index (χ3v) is 4.89. The number of piperazine rings is 1. The average molecular weight is 358 g/mol. The van der Waals surface area contributed by atoms with Crippen LogP contribution in [0.3, 0.4) is 0 Å². The van der Waals surface area contributed by atoms with E-state index in [0.717, 1.165) is 70.0 Å². The molecule has 6 heteroatoms. The molecule has 0 spiro atoms. The van der Waals surface area contributed by atoms with Crippen molar-refractivity contribution in [2.45, 2.75) is 39.7 Å². The van der Waals surface area contributed by atoms with Gasteiger partial charge < -0.3 is 15.0 Å². The zero-order valence-electron chi connectivity index (χ0n) is 16.1. The molecule has 142 valence electrons. The van der Waals surface area contributed by atoms with E-state index in [0.29, 0.717) is 6.61 Å². The molecule has 26 heavy (non-hydrogen) atoms. The van der Waals surface area contributed by atoms with Gasteiger partial charge in [-0.3, -0.25) is 4.68 Å². The summed E-state index contributed by atoms with van der Waals surface area (Å²) >= 11 is 0. The number of hydrogen-bond acceptors (Lipinski definition) is 5. The minimum absolute atomic E-state index is 0.710. The maximum atomic E-state index is 5.96. The maximum Gasteiger partial charge on any atom is 0.125 e. The molecule has 0 radical (unpaired) electrons. The van der Waals surface area contributed by atoms with Crippen molar-refractivity contribution >= 4 is 0 Å². The highest BCUT2D eigenvalue weighted by Crippen LogP contribution is 2.22. The van der Waals surface area contributed by atoms with E-state index in [1.807, 2.05) is 4.68 Å². The lowest BCUT2D eigenvalue weighted by Crippen LogP contribution is -2.43. The van der Waals surface area contributed by atoms with Gasteiger partial charge in [-0.2, -0.15) is 0 Å². The van der Waals surface area contributed by atoms with Crippen LogP contribution in [0.1, 0.15) is 29.7 Å². The van der Waals surface area contributed by atoms with E-state index in [9.17, 15) is 0 Å². The Hall–Kier alpha value is -1.92. The first-order valence-corrected chi connectivity index (χ1v) is 9.73. The van der Waals surface area contributed by atoms with E-state index in [-0.39, 0.29) is 0 Å². The smallest absolute Gasteiger partial charge is 0.125 e. The lowest BCUT2D eigenvalue weighted by molar-refractivity contribution is 0.233. The van der Waals surface area contributed by atoms with Crippen molar-refractivity contribution in [2.24, 2.45) is 0 Å². The Morgan fingerprint density at radius 3 is 2.62 bits per heavy atom. The molecule has 0 amide bonds. The summed E-state index contributed by atoms with van der Waals surface area (Å²) in [7, 11) is 0. The van der Waals surface area contributed by atoms with Crippen molar-refractivity contribution in [3.8, 4) is 5.75 Å². The maximum absolute atomic E-state index is 5.96. The van der Waals surface area contributed by atoms with Crippen molar-refractivity contribution < 1.29 is 4.74 Å². The van der Waals surface area contributed by atoms with E-state index in [2.05, 4.69) is 58.8 Å². The summed E-state index contributed by atoms with van der Waals surface area (Å²) in [4.78, 5) is 2.51. The predicted octanol–water partition coefficient (Wildman–Crippen LogP) is 2.20. The topological polar surface area (TPSA) is 55.2 Å². The van der Waals surface area contributed by atoms with Gasteiger partial charge in [0.1, 0.15) is 5.75 Å². The second-order valence-electron chi connectivity index (χ2n) is 7.09. The van der Waals surface area contributed by atoms with Crippen molar-refractivity contribution in [3.05, 3.63) is 41.2 Å². The molecule has 3 rings (SSSR count). The zero-order valence-corrected chi connectivity index (χ0v) is 16.1. The normalized spacial score (nSPS) is 15.3. The average Bonchev–Trinajstić information content (AvgIpc) is 3.09. The van der Waals surface area contributed by atoms with Gasteiger partial charge in [-0.25, -0.2) is 0 Å². The van der Waals surface area contributed by atoms with E-state index in [1.54, 1.807) is 0 Å². The van der Waals surface area contributed by atoms with Crippen LogP contribution in [0, 0.1) is 13.8 Å². The molecular weight excluding hydrogens is 326 g/mol. The van der Waals surface area contributed by atoms with Crippen molar-refractivity contribution in [1.29, 1.82) is 0 Å². The van der Waals surface area contributed by atoms with Crippen LogP contribution in [-0.4, -0.2) is 59.2 Å². The summed E-state index contributed by atoms with van der Waals surface area (Å²) in [5.41, 5.74) is 3.44. The number of benzene rings is 1. The molecule has 0 unspecified atom stereocenters. The molecule has 2 aromatic rings. The summed E-state index contributed by atoms with van der Waals surface area (Å²) in [6.07, 6.45) is 5.06. The van der Waals surface area contributed by atoms with Gasteiger partial charge in [-0.05, 0) is 44.2 Å². The van der Waals surface area contributed by atoms with Gasteiger partial charge in [0.25, 0.3) is 0 Å². The molecule has 1 aliphatic rings. The van der Waals surface area contributed by atoms with Gasteiger partial charge >= 0.3 is 0 Å².